The Morgan fingerprint density at radius 1 is 1.03 bits per heavy atom. The first kappa shape index (κ1) is 20.5. The van der Waals surface area contributed by atoms with Gasteiger partial charge in [0.15, 0.2) is 5.78 Å². The lowest BCUT2D eigenvalue weighted by Crippen LogP contribution is -2.30. The Balaban J connectivity index is 1.97. The molecule has 1 heterocycles. The van der Waals surface area contributed by atoms with Crippen molar-refractivity contribution in [1.82, 2.24) is 4.90 Å². The minimum Gasteiger partial charge on any atom is -0.338 e. The van der Waals surface area contributed by atoms with Gasteiger partial charge in [0.05, 0.1) is 4.92 Å². The number of rotatable bonds is 3. The number of hydrogen-bond donors (Lipinski definition) is 0. The number of amides is 1. The number of nitrogens with zero attached hydrogens (tertiary/aromatic N) is 2. The zero-order chi connectivity index (χ0) is 21.0. The smallest absolute Gasteiger partial charge is 0.269 e. The Labute approximate surface area is 173 Å². The maximum atomic E-state index is 13.2. The molecular weight excluding hydrogens is 392 g/mol. The number of nitro benzene ring substituents is 1. The highest BCUT2D eigenvalue weighted by Gasteiger charge is 2.24. The van der Waals surface area contributed by atoms with E-state index in [1.54, 1.807) is 35.2 Å². The zero-order valence-electron chi connectivity index (χ0n) is 15.8. The fourth-order valence-electron chi connectivity index (χ4n) is 3.10. The first-order chi connectivity index (χ1) is 13.8. The van der Waals surface area contributed by atoms with Gasteiger partial charge in [-0.05, 0) is 54.0 Å². The topological polar surface area (TPSA) is 80.5 Å². The lowest BCUT2D eigenvalue weighted by molar-refractivity contribution is -0.384. The lowest BCUT2D eigenvalue weighted by Gasteiger charge is -2.18. The van der Waals surface area contributed by atoms with Gasteiger partial charge in [-0.1, -0.05) is 23.7 Å². The van der Waals surface area contributed by atoms with Gasteiger partial charge in [-0.25, -0.2) is 0 Å². The number of benzene rings is 2. The maximum absolute atomic E-state index is 13.2. The van der Waals surface area contributed by atoms with Gasteiger partial charge in [0.1, 0.15) is 0 Å². The fourth-order valence-corrected chi connectivity index (χ4v) is 3.23. The Bertz CT molecular complexity index is 1010. The maximum Gasteiger partial charge on any atom is 0.269 e. The predicted molar refractivity (Wildman–Crippen MR) is 112 cm³/mol. The molecule has 0 aliphatic carbocycles. The minimum atomic E-state index is -0.474. The van der Waals surface area contributed by atoms with Crippen molar-refractivity contribution >= 4 is 41.1 Å². The van der Waals surface area contributed by atoms with Crippen LogP contribution < -0.4 is 0 Å². The molecular formula is C22H19ClN2O4. The molecule has 1 aliphatic rings. The van der Waals surface area contributed by atoms with Gasteiger partial charge in [-0.2, -0.15) is 0 Å². The second-order valence-corrected chi connectivity index (χ2v) is 7.20. The molecule has 6 nitrogen and oxygen atoms in total. The van der Waals surface area contributed by atoms with E-state index in [9.17, 15) is 19.7 Å². The summed E-state index contributed by atoms with van der Waals surface area (Å²) in [5.41, 5.74) is 2.56. The normalized spacial score (nSPS) is 17.4. The minimum absolute atomic E-state index is 0.0203. The molecule has 2 aromatic carbocycles. The molecule has 7 heteroatoms. The zero-order valence-corrected chi connectivity index (χ0v) is 16.6. The summed E-state index contributed by atoms with van der Waals surface area (Å²) < 4.78 is 0. The average molecular weight is 411 g/mol. The van der Waals surface area contributed by atoms with Gasteiger partial charge in [0, 0.05) is 48.3 Å². The van der Waals surface area contributed by atoms with Crippen LogP contribution in [0.1, 0.15) is 24.5 Å². The Morgan fingerprint density at radius 2 is 1.59 bits per heavy atom. The molecule has 1 amide bonds. The standard InChI is InChI=1S/C22H19ClN2O4/c1-15(26)24-11-10-18(12-16-2-6-20(23)7-3-16)22(27)19(14-24)13-17-4-8-21(9-5-17)25(28)29/h2-9,12-13H,10-11,14H2,1H3/b18-12+,19-13+. The van der Waals surface area contributed by atoms with Crippen molar-refractivity contribution in [3.63, 3.8) is 0 Å². The summed E-state index contributed by atoms with van der Waals surface area (Å²) >= 11 is 5.92. The van der Waals surface area contributed by atoms with Crippen molar-refractivity contribution in [2.75, 3.05) is 13.1 Å². The van der Waals surface area contributed by atoms with Crippen LogP contribution in [0.25, 0.3) is 12.2 Å². The molecule has 1 saturated heterocycles. The first-order valence-corrected chi connectivity index (χ1v) is 9.42. The second kappa shape index (κ2) is 8.84. The molecule has 0 spiro atoms. The largest absolute Gasteiger partial charge is 0.338 e. The monoisotopic (exact) mass is 410 g/mol. The molecule has 2 aromatic rings. The van der Waals surface area contributed by atoms with Gasteiger partial charge in [0.25, 0.3) is 5.69 Å². The molecule has 1 fully saturated rings. The quantitative estimate of drug-likeness (QED) is 0.422. The van der Waals surface area contributed by atoms with Crippen LogP contribution >= 0.6 is 11.6 Å². The first-order valence-electron chi connectivity index (χ1n) is 9.05. The molecule has 0 bridgehead atoms. The lowest BCUT2D eigenvalue weighted by atomic mass is 9.98. The number of non-ortho nitro benzene ring substituents is 1. The number of halogens is 1. The van der Waals surface area contributed by atoms with Crippen molar-refractivity contribution in [2.24, 2.45) is 0 Å². The highest BCUT2D eigenvalue weighted by Crippen LogP contribution is 2.24. The number of likely N-dealkylation sites (tertiary alicyclic amines) is 1. The van der Waals surface area contributed by atoms with Gasteiger partial charge < -0.3 is 4.90 Å². The van der Waals surface area contributed by atoms with E-state index in [1.807, 2.05) is 18.2 Å². The summed E-state index contributed by atoms with van der Waals surface area (Å²) in [6, 6.07) is 13.1. The van der Waals surface area contributed by atoms with Crippen LogP contribution in [-0.4, -0.2) is 34.6 Å². The summed E-state index contributed by atoms with van der Waals surface area (Å²) in [5.74, 6) is -0.248. The van der Waals surface area contributed by atoms with Gasteiger partial charge >= 0.3 is 0 Å². The highest BCUT2D eigenvalue weighted by molar-refractivity contribution is 6.30. The van der Waals surface area contributed by atoms with E-state index in [0.29, 0.717) is 34.7 Å². The van der Waals surface area contributed by atoms with Gasteiger partial charge in [0.2, 0.25) is 5.91 Å². The van der Waals surface area contributed by atoms with E-state index in [-0.39, 0.29) is 23.9 Å². The second-order valence-electron chi connectivity index (χ2n) is 6.76. The van der Waals surface area contributed by atoms with Crippen LogP contribution in [-0.2, 0) is 9.59 Å². The molecule has 0 atom stereocenters. The van der Waals surface area contributed by atoms with Gasteiger partial charge in [-0.3, -0.25) is 19.7 Å². The van der Waals surface area contributed by atoms with Crippen molar-refractivity contribution in [3.05, 3.63) is 85.9 Å². The number of carbonyl (C=O) groups is 2. The summed E-state index contributed by atoms with van der Waals surface area (Å²) in [4.78, 5) is 37.1. The van der Waals surface area contributed by atoms with Crippen molar-refractivity contribution in [2.45, 2.75) is 13.3 Å². The van der Waals surface area contributed by atoms with Crippen LogP contribution in [0.5, 0.6) is 0 Å². The Hall–Kier alpha value is -3.25. The molecule has 29 heavy (non-hydrogen) atoms. The van der Waals surface area contributed by atoms with Crippen LogP contribution in [0.4, 0.5) is 5.69 Å². The molecule has 0 saturated carbocycles. The van der Waals surface area contributed by atoms with E-state index in [4.69, 9.17) is 11.6 Å². The third-order valence-electron chi connectivity index (χ3n) is 4.70. The van der Waals surface area contributed by atoms with E-state index >= 15 is 0 Å². The molecule has 0 radical (unpaired) electrons. The van der Waals surface area contributed by atoms with E-state index in [2.05, 4.69) is 0 Å². The fraction of sp³-hybridized carbons (Fsp3) is 0.182. The summed E-state index contributed by atoms with van der Waals surface area (Å²) in [6.45, 7) is 2.11. The highest BCUT2D eigenvalue weighted by atomic mass is 35.5. The molecule has 0 unspecified atom stereocenters. The Kier molecular flexibility index (Phi) is 6.24. The molecule has 1 aliphatic heterocycles. The number of Topliss-reactive ketones (excluding diaryl/α,β-unsaturated/α-hetero) is 1. The summed E-state index contributed by atoms with van der Waals surface area (Å²) in [7, 11) is 0. The number of carbonyl (C=O) groups excluding carboxylic acids is 2. The van der Waals surface area contributed by atoms with Crippen molar-refractivity contribution in [3.8, 4) is 0 Å². The molecule has 0 N–H and O–H groups in total. The molecule has 3 rings (SSSR count). The average Bonchev–Trinajstić information content (AvgIpc) is 2.84. The number of ketones is 1. The van der Waals surface area contributed by atoms with Crippen LogP contribution in [0.3, 0.4) is 0 Å². The van der Waals surface area contributed by atoms with Crippen LogP contribution in [0, 0.1) is 10.1 Å². The van der Waals surface area contributed by atoms with Crippen LogP contribution in [0.2, 0.25) is 5.02 Å². The van der Waals surface area contributed by atoms with E-state index < -0.39 is 4.92 Å². The van der Waals surface area contributed by atoms with Crippen LogP contribution in [0.15, 0.2) is 59.7 Å². The van der Waals surface area contributed by atoms with Crippen molar-refractivity contribution in [1.29, 1.82) is 0 Å². The third kappa shape index (κ3) is 5.18. The molecule has 0 aromatic heterocycles. The van der Waals surface area contributed by atoms with Gasteiger partial charge in [-0.15, -0.1) is 0 Å². The summed E-state index contributed by atoms with van der Waals surface area (Å²) in [6.07, 6.45) is 3.94. The van der Waals surface area contributed by atoms with E-state index in [0.717, 1.165) is 5.56 Å². The Morgan fingerprint density at radius 3 is 2.14 bits per heavy atom. The van der Waals surface area contributed by atoms with E-state index in [1.165, 1.54) is 19.1 Å². The SMILES string of the molecule is CC(=O)N1CC/C(=C\c2ccc(Cl)cc2)C(=O)/C(=C/c2ccc([N+](=O)[O-])cc2)C1. The summed E-state index contributed by atoms with van der Waals surface area (Å²) in [5, 5.41) is 11.4. The number of nitro groups is 1. The van der Waals surface area contributed by atoms with Crippen molar-refractivity contribution < 1.29 is 14.5 Å². The predicted octanol–water partition coefficient (Wildman–Crippen LogP) is 4.54. The number of hydrogen-bond acceptors (Lipinski definition) is 4. The molecule has 148 valence electrons. The third-order valence-corrected chi connectivity index (χ3v) is 4.95.